The van der Waals surface area contributed by atoms with Crippen molar-refractivity contribution in [3.05, 3.63) is 72.9 Å². The number of ether oxygens (including phenoxy) is 3. The number of carbonyl (C=O) groups excluding carboxylic acids is 3. The third-order valence-corrected chi connectivity index (χ3v) is 11.1. The smallest absolute Gasteiger partial charge is 0.306 e. The number of hydrogen-bond donors (Lipinski definition) is 0. The lowest BCUT2D eigenvalue weighted by Crippen LogP contribution is -2.30. The maximum atomic E-state index is 12.8. The zero-order chi connectivity index (χ0) is 45.1. The highest BCUT2D eigenvalue weighted by Crippen LogP contribution is 2.16. The highest BCUT2D eigenvalue weighted by molar-refractivity contribution is 5.71. The van der Waals surface area contributed by atoms with Crippen LogP contribution in [0.2, 0.25) is 0 Å². The van der Waals surface area contributed by atoms with Gasteiger partial charge in [-0.05, 0) is 64.2 Å². The molecule has 0 heterocycles. The van der Waals surface area contributed by atoms with E-state index in [0.717, 1.165) is 89.9 Å². The van der Waals surface area contributed by atoms with E-state index < -0.39 is 6.10 Å². The molecule has 0 aromatic rings. The molecule has 6 heteroatoms. The van der Waals surface area contributed by atoms with Crippen LogP contribution >= 0.6 is 0 Å². The van der Waals surface area contributed by atoms with Gasteiger partial charge in [0.2, 0.25) is 0 Å². The number of hydrogen-bond acceptors (Lipinski definition) is 6. The molecule has 0 amide bonds. The molecular formula is C56H96O6. The van der Waals surface area contributed by atoms with Crippen molar-refractivity contribution in [2.75, 3.05) is 13.2 Å². The van der Waals surface area contributed by atoms with Gasteiger partial charge in [-0.3, -0.25) is 14.4 Å². The summed E-state index contributed by atoms with van der Waals surface area (Å²) in [6.07, 6.45) is 63.2. The van der Waals surface area contributed by atoms with Gasteiger partial charge in [0.25, 0.3) is 0 Å². The first-order valence-corrected chi connectivity index (χ1v) is 26.0. The Hall–Kier alpha value is -3.15. The van der Waals surface area contributed by atoms with Crippen LogP contribution in [0.5, 0.6) is 0 Å². The summed E-state index contributed by atoms with van der Waals surface area (Å²) in [5.74, 6) is -0.935. The van der Waals surface area contributed by atoms with E-state index in [0.29, 0.717) is 19.3 Å². The van der Waals surface area contributed by atoms with Crippen LogP contribution in [0.15, 0.2) is 72.9 Å². The quantitative estimate of drug-likeness (QED) is 0.0199. The lowest BCUT2D eigenvalue weighted by molar-refractivity contribution is -0.167. The molecule has 356 valence electrons. The van der Waals surface area contributed by atoms with Gasteiger partial charge >= 0.3 is 17.9 Å². The van der Waals surface area contributed by atoms with Crippen molar-refractivity contribution in [2.45, 2.75) is 252 Å². The van der Waals surface area contributed by atoms with Crippen LogP contribution in [0.3, 0.4) is 0 Å². The van der Waals surface area contributed by atoms with Crippen molar-refractivity contribution in [1.29, 1.82) is 0 Å². The van der Waals surface area contributed by atoms with Crippen LogP contribution in [0, 0.1) is 0 Å². The lowest BCUT2D eigenvalue weighted by atomic mass is 10.0. The van der Waals surface area contributed by atoms with Gasteiger partial charge in [0.1, 0.15) is 13.2 Å². The van der Waals surface area contributed by atoms with Gasteiger partial charge in [0.15, 0.2) is 6.10 Å². The van der Waals surface area contributed by atoms with Gasteiger partial charge in [-0.1, -0.05) is 235 Å². The minimum Gasteiger partial charge on any atom is -0.462 e. The monoisotopic (exact) mass is 865 g/mol. The van der Waals surface area contributed by atoms with Crippen molar-refractivity contribution >= 4 is 17.9 Å². The number of allylic oxidation sites excluding steroid dienone is 12. The third kappa shape index (κ3) is 47.9. The molecule has 0 bridgehead atoms. The molecule has 0 aliphatic rings. The second-order valence-electron chi connectivity index (χ2n) is 17.1. The summed E-state index contributed by atoms with van der Waals surface area (Å²) >= 11 is 0. The maximum absolute atomic E-state index is 12.8. The van der Waals surface area contributed by atoms with E-state index in [4.69, 9.17) is 14.2 Å². The SMILES string of the molecule is CC/C=C/C=C/C=C/C=C/CCCCCC(=O)OCC(COC(=O)CCCCCCCCCCCCCCCCCCC)OC(=O)CCCCCCCCC/C=C/C/C=C/CC. The maximum Gasteiger partial charge on any atom is 0.306 e. The molecule has 0 N–H and O–H groups in total. The van der Waals surface area contributed by atoms with Crippen LogP contribution < -0.4 is 0 Å². The van der Waals surface area contributed by atoms with Gasteiger partial charge in [-0.15, -0.1) is 0 Å². The van der Waals surface area contributed by atoms with Crippen molar-refractivity contribution in [3.63, 3.8) is 0 Å². The Morgan fingerprint density at radius 2 is 0.710 bits per heavy atom. The molecule has 0 aliphatic heterocycles. The normalized spacial score (nSPS) is 12.6. The largest absolute Gasteiger partial charge is 0.462 e. The summed E-state index contributed by atoms with van der Waals surface area (Å²) in [6, 6.07) is 0. The number of esters is 3. The minimum absolute atomic E-state index is 0.0898. The Kier molecular flexibility index (Phi) is 47.9. The summed E-state index contributed by atoms with van der Waals surface area (Å²) in [4.78, 5) is 38.0. The van der Waals surface area contributed by atoms with Crippen molar-refractivity contribution in [1.82, 2.24) is 0 Å². The second kappa shape index (κ2) is 50.5. The number of carbonyl (C=O) groups is 3. The Balaban J connectivity index is 4.40. The van der Waals surface area contributed by atoms with E-state index >= 15 is 0 Å². The molecule has 0 aromatic heterocycles. The van der Waals surface area contributed by atoms with E-state index in [-0.39, 0.29) is 31.1 Å². The Bertz CT molecular complexity index is 1180. The number of rotatable bonds is 46. The van der Waals surface area contributed by atoms with E-state index in [1.165, 1.54) is 116 Å². The molecule has 0 saturated heterocycles. The molecule has 0 radical (unpaired) electrons. The molecule has 1 atom stereocenters. The van der Waals surface area contributed by atoms with Crippen molar-refractivity contribution in [3.8, 4) is 0 Å². The first kappa shape index (κ1) is 58.9. The predicted molar refractivity (Wildman–Crippen MR) is 265 cm³/mol. The molecule has 0 saturated carbocycles. The average Bonchev–Trinajstić information content (AvgIpc) is 3.27. The van der Waals surface area contributed by atoms with E-state index in [1.807, 2.05) is 36.5 Å². The summed E-state index contributed by atoms with van der Waals surface area (Å²) < 4.78 is 16.8. The van der Waals surface area contributed by atoms with Gasteiger partial charge in [-0.25, -0.2) is 0 Å². The lowest BCUT2D eigenvalue weighted by Gasteiger charge is -2.18. The van der Waals surface area contributed by atoms with Gasteiger partial charge in [0, 0.05) is 19.3 Å². The number of unbranched alkanes of at least 4 members (excludes halogenated alkanes) is 26. The fourth-order valence-corrected chi connectivity index (χ4v) is 7.20. The fraction of sp³-hybridized carbons (Fsp3) is 0.732. The highest BCUT2D eigenvalue weighted by Gasteiger charge is 2.19. The van der Waals surface area contributed by atoms with Gasteiger partial charge < -0.3 is 14.2 Å². The van der Waals surface area contributed by atoms with Crippen molar-refractivity contribution < 1.29 is 28.6 Å². The summed E-state index contributed by atoms with van der Waals surface area (Å²) in [5.41, 5.74) is 0. The Morgan fingerprint density at radius 1 is 0.355 bits per heavy atom. The molecular weight excluding hydrogens is 769 g/mol. The Morgan fingerprint density at radius 3 is 1.18 bits per heavy atom. The van der Waals surface area contributed by atoms with Crippen molar-refractivity contribution in [2.24, 2.45) is 0 Å². The minimum atomic E-state index is -0.793. The molecule has 0 aromatic carbocycles. The molecule has 1 unspecified atom stereocenters. The molecule has 0 aliphatic carbocycles. The first-order chi connectivity index (χ1) is 30.5. The van der Waals surface area contributed by atoms with Crippen LogP contribution in [-0.4, -0.2) is 37.2 Å². The second-order valence-corrected chi connectivity index (χ2v) is 17.1. The van der Waals surface area contributed by atoms with E-state index in [9.17, 15) is 14.4 Å². The molecule has 0 spiro atoms. The summed E-state index contributed by atoms with van der Waals surface area (Å²) in [5, 5.41) is 0. The Labute approximate surface area is 382 Å². The molecule has 6 nitrogen and oxygen atoms in total. The zero-order valence-electron chi connectivity index (χ0n) is 40.6. The van der Waals surface area contributed by atoms with Crippen LogP contribution in [0.4, 0.5) is 0 Å². The third-order valence-electron chi connectivity index (χ3n) is 11.1. The molecule has 62 heavy (non-hydrogen) atoms. The summed E-state index contributed by atoms with van der Waals surface area (Å²) in [7, 11) is 0. The first-order valence-electron chi connectivity index (χ1n) is 26.0. The van der Waals surface area contributed by atoms with E-state index in [2.05, 4.69) is 57.2 Å². The molecule has 0 fully saturated rings. The van der Waals surface area contributed by atoms with Crippen LogP contribution in [0.1, 0.15) is 245 Å². The van der Waals surface area contributed by atoms with Gasteiger partial charge in [-0.2, -0.15) is 0 Å². The topological polar surface area (TPSA) is 78.9 Å². The molecule has 0 rings (SSSR count). The predicted octanol–water partition coefficient (Wildman–Crippen LogP) is 17.0. The summed E-state index contributed by atoms with van der Waals surface area (Å²) in [6.45, 7) is 6.36. The fourth-order valence-electron chi connectivity index (χ4n) is 7.20. The van der Waals surface area contributed by atoms with E-state index in [1.54, 1.807) is 0 Å². The highest BCUT2D eigenvalue weighted by atomic mass is 16.6. The van der Waals surface area contributed by atoms with Crippen LogP contribution in [-0.2, 0) is 28.6 Å². The van der Waals surface area contributed by atoms with Crippen LogP contribution in [0.25, 0.3) is 0 Å². The standard InChI is InChI=1S/C56H96O6/c1-4-7-10-13-16-19-22-25-27-28-29-32-34-37-40-43-46-49-55(58)61-52-53(51-60-54(57)48-45-42-39-36-33-30-24-21-18-15-12-9-6-3)62-56(59)50-47-44-41-38-35-31-26-23-20-17-14-11-8-5-2/h8-9,11-12,15,17-18,20-21,24,30,33,53H,4-7,10,13-14,16,19,22-23,25-29,31-32,34-52H2,1-3H3/b11-8+,12-9+,18-15+,20-17+,24-21+,33-30+. The average molecular weight is 865 g/mol. The van der Waals surface area contributed by atoms with Gasteiger partial charge in [0.05, 0.1) is 0 Å². The zero-order valence-corrected chi connectivity index (χ0v) is 40.6.